The Bertz CT molecular complexity index is 604. The van der Waals surface area contributed by atoms with E-state index in [4.69, 9.17) is 4.74 Å². The lowest BCUT2D eigenvalue weighted by atomic mass is 9.92. The fraction of sp³-hybridized carbons (Fsp3) is 0.727. The van der Waals surface area contributed by atoms with E-state index in [-0.39, 0.29) is 17.9 Å². The molecule has 0 radical (unpaired) electrons. The zero-order chi connectivity index (χ0) is 19.2. The largest absolute Gasteiger partial charge is 0.376 e. The maximum absolute atomic E-state index is 12.5. The summed E-state index contributed by atoms with van der Waals surface area (Å²) in [6.07, 6.45) is 10.7. The molecule has 1 aromatic rings. The number of carbonyl (C=O) groups excluding carboxylic acids is 1. The van der Waals surface area contributed by atoms with Crippen molar-refractivity contribution in [2.45, 2.75) is 57.2 Å². The topological polar surface area (TPSA) is 57.7 Å². The summed E-state index contributed by atoms with van der Waals surface area (Å²) >= 11 is 0. The highest BCUT2D eigenvalue weighted by Crippen LogP contribution is 2.25. The summed E-state index contributed by atoms with van der Waals surface area (Å²) in [5.41, 5.74) is 1.35. The third-order valence-corrected chi connectivity index (χ3v) is 6.66. The second-order valence-electron chi connectivity index (χ2n) is 8.55. The fourth-order valence-electron chi connectivity index (χ4n) is 4.88. The Morgan fingerprint density at radius 3 is 2.50 bits per heavy atom. The summed E-state index contributed by atoms with van der Waals surface area (Å²) < 4.78 is 5.60. The smallest absolute Gasteiger partial charge is 0.223 e. The van der Waals surface area contributed by atoms with Crippen molar-refractivity contribution in [3.63, 3.8) is 0 Å². The van der Waals surface area contributed by atoms with Crippen LogP contribution in [0, 0.1) is 5.92 Å². The van der Waals surface area contributed by atoms with Crippen LogP contribution in [0.4, 0.5) is 0 Å². The predicted octanol–water partition coefficient (Wildman–Crippen LogP) is 2.05. The Hall–Kier alpha value is -1.50. The molecule has 0 spiro atoms. The summed E-state index contributed by atoms with van der Waals surface area (Å²) in [5.74, 6) is 0.423. The van der Waals surface area contributed by atoms with Crippen molar-refractivity contribution in [3.8, 4) is 0 Å². The van der Waals surface area contributed by atoms with Crippen molar-refractivity contribution in [2.75, 3.05) is 39.3 Å². The number of ether oxygens (including phenoxy) is 1. The van der Waals surface area contributed by atoms with Crippen molar-refractivity contribution in [2.24, 2.45) is 5.92 Å². The van der Waals surface area contributed by atoms with Gasteiger partial charge in [-0.1, -0.05) is 0 Å². The number of likely N-dealkylation sites (tertiary alicyclic amines) is 2. The quantitative estimate of drug-likeness (QED) is 0.811. The van der Waals surface area contributed by atoms with Gasteiger partial charge in [-0.25, -0.2) is 0 Å². The van der Waals surface area contributed by atoms with Crippen LogP contribution in [-0.2, 0) is 16.1 Å². The minimum absolute atomic E-state index is 0.185. The highest BCUT2D eigenvalue weighted by Gasteiger charge is 2.31. The van der Waals surface area contributed by atoms with Gasteiger partial charge in [0.15, 0.2) is 0 Å². The molecule has 1 aromatic heterocycles. The average molecular weight is 387 g/mol. The zero-order valence-corrected chi connectivity index (χ0v) is 16.9. The van der Waals surface area contributed by atoms with Crippen LogP contribution < -0.4 is 5.32 Å². The van der Waals surface area contributed by atoms with Gasteiger partial charge >= 0.3 is 0 Å². The number of carbonyl (C=O) groups is 1. The van der Waals surface area contributed by atoms with E-state index in [1.807, 2.05) is 12.4 Å². The van der Waals surface area contributed by atoms with Crippen LogP contribution in [-0.4, -0.2) is 72.2 Å². The van der Waals surface area contributed by atoms with Crippen LogP contribution in [0.15, 0.2) is 24.5 Å². The standard InChI is InChI=1S/C22H34N4O2/c27-22(24-16-21-2-1-15-28-21)19-5-13-26(14-6-19)20-7-11-25(12-8-20)17-18-3-9-23-10-4-18/h3-4,9-10,19-21H,1-2,5-8,11-17H2,(H,24,27). The van der Waals surface area contributed by atoms with Crippen molar-refractivity contribution in [1.82, 2.24) is 20.1 Å². The normalized spacial score (nSPS) is 25.8. The monoisotopic (exact) mass is 386 g/mol. The number of pyridine rings is 1. The summed E-state index contributed by atoms with van der Waals surface area (Å²) in [5, 5.41) is 3.12. The van der Waals surface area contributed by atoms with Gasteiger partial charge in [0.25, 0.3) is 0 Å². The highest BCUT2D eigenvalue weighted by atomic mass is 16.5. The first-order chi connectivity index (χ1) is 13.8. The summed E-state index contributed by atoms with van der Waals surface area (Å²) in [7, 11) is 0. The Labute approximate surface area is 168 Å². The second-order valence-corrected chi connectivity index (χ2v) is 8.55. The molecular weight excluding hydrogens is 352 g/mol. The van der Waals surface area contributed by atoms with Gasteiger partial charge in [0.1, 0.15) is 0 Å². The van der Waals surface area contributed by atoms with Gasteiger partial charge in [-0.15, -0.1) is 0 Å². The van der Waals surface area contributed by atoms with Gasteiger partial charge < -0.3 is 15.0 Å². The molecule has 0 aromatic carbocycles. The molecule has 4 heterocycles. The maximum Gasteiger partial charge on any atom is 0.223 e. The van der Waals surface area contributed by atoms with Crippen molar-refractivity contribution in [3.05, 3.63) is 30.1 Å². The van der Waals surface area contributed by atoms with E-state index in [0.717, 1.165) is 65.0 Å². The predicted molar refractivity (Wildman–Crippen MR) is 109 cm³/mol. The number of hydrogen-bond donors (Lipinski definition) is 1. The molecule has 6 heteroatoms. The first kappa shape index (κ1) is 19.8. The second kappa shape index (κ2) is 9.81. The molecule has 0 saturated carbocycles. The van der Waals surface area contributed by atoms with Crippen LogP contribution >= 0.6 is 0 Å². The number of piperidine rings is 2. The van der Waals surface area contributed by atoms with E-state index in [1.54, 1.807) is 0 Å². The Morgan fingerprint density at radius 2 is 1.82 bits per heavy atom. The molecule has 3 fully saturated rings. The van der Waals surface area contributed by atoms with Crippen LogP contribution in [0.5, 0.6) is 0 Å². The molecule has 3 aliphatic heterocycles. The molecule has 3 saturated heterocycles. The van der Waals surface area contributed by atoms with Crippen LogP contribution in [0.1, 0.15) is 44.1 Å². The molecule has 154 valence electrons. The van der Waals surface area contributed by atoms with E-state index in [1.165, 1.54) is 18.4 Å². The van der Waals surface area contributed by atoms with Crippen molar-refractivity contribution >= 4 is 5.91 Å². The summed E-state index contributed by atoms with van der Waals surface area (Å²) in [6, 6.07) is 4.91. The van der Waals surface area contributed by atoms with Crippen molar-refractivity contribution < 1.29 is 9.53 Å². The number of nitrogens with one attached hydrogen (secondary N) is 1. The Kier molecular flexibility index (Phi) is 6.94. The number of hydrogen-bond acceptors (Lipinski definition) is 5. The Morgan fingerprint density at radius 1 is 1.07 bits per heavy atom. The number of rotatable bonds is 6. The lowest BCUT2D eigenvalue weighted by Gasteiger charge is -2.41. The van der Waals surface area contributed by atoms with E-state index in [0.29, 0.717) is 12.6 Å². The lowest BCUT2D eigenvalue weighted by molar-refractivity contribution is -0.127. The van der Waals surface area contributed by atoms with E-state index >= 15 is 0 Å². The third-order valence-electron chi connectivity index (χ3n) is 6.66. The molecule has 0 bridgehead atoms. The minimum atomic E-state index is 0.185. The van der Waals surface area contributed by atoms with E-state index < -0.39 is 0 Å². The molecular formula is C22H34N4O2. The number of aromatic nitrogens is 1. The van der Waals surface area contributed by atoms with Crippen LogP contribution in [0.3, 0.4) is 0 Å². The van der Waals surface area contributed by atoms with Gasteiger partial charge in [-0.05, 0) is 82.4 Å². The third kappa shape index (κ3) is 5.31. The number of nitrogens with zero attached hydrogens (tertiary/aromatic N) is 3. The van der Waals surface area contributed by atoms with Gasteiger partial charge in [0.05, 0.1) is 6.10 Å². The number of amides is 1. The molecule has 4 rings (SSSR count). The maximum atomic E-state index is 12.5. The zero-order valence-electron chi connectivity index (χ0n) is 16.9. The summed E-state index contributed by atoms with van der Waals surface area (Å²) in [4.78, 5) is 21.7. The average Bonchev–Trinajstić information content (AvgIpc) is 3.27. The lowest BCUT2D eigenvalue weighted by Crippen LogP contribution is -2.49. The van der Waals surface area contributed by atoms with Crippen LogP contribution in [0.2, 0.25) is 0 Å². The molecule has 6 nitrogen and oxygen atoms in total. The van der Waals surface area contributed by atoms with Gasteiger partial charge in [-0.2, -0.15) is 0 Å². The molecule has 3 aliphatic rings. The first-order valence-electron chi connectivity index (χ1n) is 11.0. The van der Waals surface area contributed by atoms with Crippen LogP contribution in [0.25, 0.3) is 0 Å². The van der Waals surface area contributed by atoms with E-state index in [2.05, 4.69) is 32.2 Å². The minimum Gasteiger partial charge on any atom is -0.376 e. The van der Waals surface area contributed by atoms with E-state index in [9.17, 15) is 4.79 Å². The fourth-order valence-corrected chi connectivity index (χ4v) is 4.88. The molecule has 28 heavy (non-hydrogen) atoms. The molecule has 1 atom stereocenters. The first-order valence-corrected chi connectivity index (χ1v) is 11.0. The molecule has 0 aliphatic carbocycles. The summed E-state index contributed by atoms with van der Waals surface area (Å²) in [6.45, 7) is 7.02. The van der Waals surface area contributed by atoms with Gasteiger partial charge in [0.2, 0.25) is 5.91 Å². The molecule has 1 unspecified atom stereocenters. The molecule has 1 N–H and O–H groups in total. The van der Waals surface area contributed by atoms with Gasteiger partial charge in [0, 0.05) is 44.0 Å². The highest BCUT2D eigenvalue weighted by molar-refractivity contribution is 5.78. The molecule has 1 amide bonds. The van der Waals surface area contributed by atoms with Gasteiger partial charge in [-0.3, -0.25) is 14.7 Å². The van der Waals surface area contributed by atoms with Crippen molar-refractivity contribution in [1.29, 1.82) is 0 Å². The Balaban J connectivity index is 1.15. The SMILES string of the molecule is O=C(NCC1CCCO1)C1CCN(C2CCN(Cc3ccncc3)CC2)CC1.